The highest BCUT2D eigenvalue weighted by atomic mass is 35.5. The van der Waals surface area contributed by atoms with Gasteiger partial charge in [-0.15, -0.1) is 0 Å². The average Bonchev–Trinajstić information content (AvgIpc) is 3.28. The van der Waals surface area contributed by atoms with E-state index in [-0.39, 0.29) is 21.8 Å². The third kappa shape index (κ3) is 2.99. The first-order valence-electron chi connectivity index (χ1n) is 7.94. The molecule has 0 radical (unpaired) electrons. The second-order valence-electron chi connectivity index (χ2n) is 5.99. The zero-order chi connectivity index (χ0) is 20.1. The Kier molecular flexibility index (Phi) is 4.11. The number of hydrogen-bond donors (Lipinski definition) is 3. The molecule has 0 unspecified atom stereocenters. The zero-order valence-electron chi connectivity index (χ0n) is 13.9. The van der Waals surface area contributed by atoms with Crippen molar-refractivity contribution >= 4 is 28.5 Å². The van der Waals surface area contributed by atoms with E-state index in [1.165, 1.54) is 12.4 Å². The number of H-pyrrole nitrogens is 2. The molecule has 0 fully saturated rings. The SMILES string of the molecule is NC(=O)c1[nH]c(-c2ncnc3[nH]ccc23)cc1-c1cc(C(F)(F)F)ccc1Cl. The smallest absolute Gasteiger partial charge is 0.364 e. The van der Waals surface area contributed by atoms with Gasteiger partial charge < -0.3 is 15.7 Å². The standard InChI is InChI=1S/C18H11ClF3N5O/c19-12-2-1-8(18(20,21)22)5-10(12)11-6-13(27-15(11)16(23)28)14-9-3-4-24-17(9)26-7-25-14/h1-7,27H,(H2,23,28)(H,24,25,26). The molecule has 0 saturated heterocycles. The number of carbonyl (C=O) groups excluding carboxylic acids is 1. The second-order valence-corrected chi connectivity index (χ2v) is 6.40. The molecule has 1 aromatic carbocycles. The topological polar surface area (TPSA) is 100 Å². The predicted molar refractivity (Wildman–Crippen MR) is 97.6 cm³/mol. The lowest BCUT2D eigenvalue weighted by molar-refractivity contribution is -0.137. The Morgan fingerprint density at radius 1 is 1.11 bits per heavy atom. The summed E-state index contributed by atoms with van der Waals surface area (Å²) in [7, 11) is 0. The highest BCUT2D eigenvalue weighted by molar-refractivity contribution is 6.33. The molecule has 0 spiro atoms. The lowest BCUT2D eigenvalue weighted by atomic mass is 10.0. The van der Waals surface area contributed by atoms with E-state index in [4.69, 9.17) is 17.3 Å². The maximum Gasteiger partial charge on any atom is 0.416 e. The lowest BCUT2D eigenvalue weighted by Gasteiger charge is -2.10. The summed E-state index contributed by atoms with van der Waals surface area (Å²) in [5.41, 5.74) is 6.09. The van der Waals surface area contributed by atoms with Gasteiger partial charge in [0.15, 0.2) is 0 Å². The van der Waals surface area contributed by atoms with Gasteiger partial charge in [-0.2, -0.15) is 13.2 Å². The summed E-state index contributed by atoms with van der Waals surface area (Å²) in [6.07, 6.45) is -1.56. The molecular weight excluding hydrogens is 395 g/mol. The maximum atomic E-state index is 13.1. The number of nitrogens with two attached hydrogens (primary N) is 1. The molecule has 0 aliphatic heterocycles. The van der Waals surface area contributed by atoms with Gasteiger partial charge in [0.1, 0.15) is 17.7 Å². The van der Waals surface area contributed by atoms with Gasteiger partial charge in [-0.1, -0.05) is 11.6 Å². The molecule has 4 rings (SSSR count). The molecule has 0 atom stereocenters. The Balaban J connectivity index is 1.94. The van der Waals surface area contributed by atoms with E-state index in [1.54, 1.807) is 12.3 Å². The van der Waals surface area contributed by atoms with Gasteiger partial charge in [-0.05, 0) is 30.3 Å². The molecule has 1 amide bonds. The summed E-state index contributed by atoms with van der Waals surface area (Å²) in [4.78, 5) is 26.0. The first kappa shape index (κ1) is 18.1. The predicted octanol–water partition coefficient (Wildman–Crippen LogP) is 4.39. The number of amides is 1. The first-order chi connectivity index (χ1) is 13.3. The number of aromatic nitrogens is 4. The summed E-state index contributed by atoms with van der Waals surface area (Å²) in [6, 6.07) is 6.12. The van der Waals surface area contributed by atoms with Crippen molar-refractivity contribution in [3.63, 3.8) is 0 Å². The lowest BCUT2D eigenvalue weighted by Crippen LogP contribution is -2.13. The quantitative estimate of drug-likeness (QED) is 0.471. The molecular formula is C18H11ClF3N5O. The van der Waals surface area contributed by atoms with Crippen molar-refractivity contribution in [2.75, 3.05) is 0 Å². The van der Waals surface area contributed by atoms with Crippen molar-refractivity contribution in [3.8, 4) is 22.5 Å². The third-order valence-electron chi connectivity index (χ3n) is 4.26. The van der Waals surface area contributed by atoms with Gasteiger partial charge in [0.25, 0.3) is 5.91 Å². The number of aromatic amines is 2. The number of fused-ring (bicyclic) bond motifs is 1. The van der Waals surface area contributed by atoms with E-state index in [9.17, 15) is 18.0 Å². The molecule has 3 heterocycles. The monoisotopic (exact) mass is 405 g/mol. The van der Waals surface area contributed by atoms with E-state index in [2.05, 4.69) is 19.9 Å². The van der Waals surface area contributed by atoms with Crippen molar-refractivity contribution in [2.24, 2.45) is 5.73 Å². The van der Waals surface area contributed by atoms with Gasteiger partial charge in [0.2, 0.25) is 0 Å². The van der Waals surface area contributed by atoms with Crippen molar-refractivity contribution in [3.05, 3.63) is 59.1 Å². The number of nitrogens with zero attached hydrogens (tertiary/aromatic N) is 2. The Hall–Kier alpha value is -3.33. The van der Waals surface area contributed by atoms with Crippen LogP contribution in [0.3, 0.4) is 0 Å². The van der Waals surface area contributed by atoms with Crippen LogP contribution in [0.1, 0.15) is 16.1 Å². The normalized spacial score (nSPS) is 11.9. The Morgan fingerprint density at radius 2 is 1.89 bits per heavy atom. The molecule has 4 aromatic rings. The van der Waals surface area contributed by atoms with Crippen LogP contribution >= 0.6 is 11.6 Å². The summed E-state index contributed by atoms with van der Waals surface area (Å²) >= 11 is 6.13. The molecule has 0 bridgehead atoms. The molecule has 3 aromatic heterocycles. The number of benzene rings is 1. The van der Waals surface area contributed by atoms with Crippen molar-refractivity contribution in [2.45, 2.75) is 6.18 Å². The van der Waals surface area contributed by atoms with Gasteiger partial charge in [-0.25, -0.2) is 9.97 Å². The van der Waals surface area contributed by atoms with E-state index in [0.29, 0.717) is 22.4 Å². The van der Waals surface area contributed by atoms with Crippen LogP contribution in [0.25, 0.3) is 33.5 Å². The number of nitrogens with one attached hydrogen (secondary N) is 2. The first-order valence-corrected chi connectivity index (χ1v) is 8.32. The minimum atomic E-state index is -4.56. The van der Waals surface area contributed by atoms with Gasteiger partial charge >= 0.3 is 6.18 Å². The van der Waals surface area contributed by atoms with Crippen molar-refractivity contribution in [1.82, 2.24) is 19.9 Å². The van der Waals surface area contributed by atoms with E-state index >= 15 is 0 Å². The third-order valence-corrected chi connectivity index (χ3v) is 4.59. The molecule has 0 saturated carbocycles. The van der Waals surface area contributed by atoms with Gasteiger partial charge in [0, 0.05) is 27.7 Å². The molecule has 0 aliphatic rings. The summed E-state index contributed by atoms with van der Waals surface area (Å²) in [5, 5.41) is 0.719. The molecule has 6 nitrogen and oxygen atoms in total. The van der Waals surface area contributed by atoms with Crippen LogP contribution in [-0.4, -0.2) is 25.8 Å². The van der Waals surface area contributed by atoms with Gasteiger partial charge in [-0.3, -0.25) is 4.79 Å². The average molecular weight is 406 g/mol. The fraction of sp³-hybridized carbons (Fsp3) is 0.0556. The second kappa shape index (κ2) is 6.38. The Morgan fingerprint density at radius 3 is 2.61 bits per heavy atom. The molecule has 4 N–H and O–H groups in total. The molecule has 0 aliphatic carbocycles. The van der Waals surface area contributed by atoms with Crippen LogP contribution in [-0.2, 0) is 6.18 Å². The molecule has 142 valence electrons. The molecule has 10 heteroatoms. The maximum absolute atomic E-state index is 13.1. The number of hydrogen-bond acceptors (Lipinski definition) is 3. The van der Waals surface area contributed by atoms with Crippen molar-refractivity contribution in [1.29, 1.82) is 0 Å². The van der Waals surface area contributed by atoms with Gasteiger partial charge in [0.05, 0.1) is 17.0 Å². The Bertz CT molecular complexity index is 1210. The number of rotatable bonds is 3. The van der Waals surface area contributed by atoms with Crippen LogP contribution < -0.4 is 5.73 Å². The van der Waals surface area contributed by atoms with E-state index in [0.717, 1.165) is 18.2 Å². The van der Waals surface area contributed by atoms with E-state index < -0.39 is 17.6 Å². The fourth-order valence-corrected chi connectivity index (χ4v) is 3.20. The van der Waals surface area contributed by atoms with Crippen LogP contribution in [0.4, 0.5) is 13.2 Å². The largest absolute Gasteiger partial charge is 0.416 e. The number of alkyl halides is 3. The summed E-state index contributed by atoms with van der Waals surface area (Å²) in [5.74, 6) is -0.839. The van der Waals surface area contributed by atoms with Crippen molar-refractivity contribution < 1.29 is 18.0 Å². The minimum Gasteiger partial charge on any atom is -0.364 e. The van der Waals surface area contributed by atoms with Crippen LogP contribution in [0, 0.1) is 0 Å². The highest BCUT2D eigenvalue weighted by Gasteiger charge is 2.31. The summed E-state index contributed by atoms with van der Waals surface area (Å²) in [6.45, 7) is 0. The summed E-state index contributed by atoms with van der Waals surface area (Å²) < 4.78 is 39.4. The Labute approximate surface area is 160 Å². The number of carbonyl (C=O) groups is 1. The molecule has 28 heavy (non-hydrogen) atoms. The number of primary amides is 1. The fourth-order valence-electron chi connectivity index (χ4n) is 2.98. The van der Waals surface area contributed by atoms with E-state index in [1.807, 2.05) is 0 Å². The minimum absolute atomic E-state index is 0.0344. The van der Waals surface area contributed by atoms with Crippen LogP contribution in [0.5, 0.6) is 0 Å². The number of halogens is 4. The van der Waals surface area contributed by atoms with Crippen LogP contribution in [0.15, 0.2) is 42.9 Å². The zero-order valence-corrected chi connectivity index (χ0v) is 14.7. The van der Waals surface area contributed by atoms with Crippen LogP contribution in [0.2, 0.25) is 5.02 Å². The highest BCUT2D eigenvalue weighted by Crippen LogP contribution is 2.39.